The standard InChI is InChI=1S/C34H35ClFN3O4S/c1-34(2,3)37-33(41)31(22-25-11-6-4-7-12-25)38(23-26-13-10-14-27(35)21-26)32(40)24-39(29-15-8-5-9-16-29)44(42,43)30-19-17-28(36)18-20-30/h4-21,31H,22-24H2,1-3H3,(H,37,41)/t31-/m1/s1. The average molecular weight is 636 g/mol. The van der Waals surface area contributed by atoms with Gasteiger partial charge in [-0.2, -0.15) is 0 Å². The highest BCUT2D eigenvalue weighted by molar-refractivity contribution is 7.92. The minimum absolute atomic E-state index is 0.00627. The summed E-state index contributed by atoms with van der Waals surface area (Å²) in [5, 5.41) is 3.45. The molecule has 7 nitrogen and oxygen atoms in total. The van der Waals surface area contributed by atoms with Gasteiger partial charge in [-0.15, -0.1) is 0 Å². The number of carbonyl (C=O) groups is 2. The van der Waals surface area contributed by atoms with Crippen molar-refractivity contribution >= 4 is 39.1 Å². The van der Waals surface area contributed by atoms with Crippen molar-refractivity contribution in [2.24, 2.45) is 0 Å². The van der Waals surface area contributed by atoms with E-state index in [1.165, 1.54) is 4.90 Å². The zero-order chi connectivity index (χ0) is 31.9. The monoisotopic (exact) mass is 635 g/mol. The average Bonchev–Trinajstić information content (AvgIpc) is 2.98. The minimum Gasteiger partial charge on any atom is -0.350 e. The zero-order valence-corrected chi connectivity index (χ0v) is 26.4. The lowest BCUT2D eigenvalue weighted by Gasteiger charge is -2.35. The van der Waals surface area contributed by atoms with Crippen LogP contribution in [0.25, 0.3) is 0 Å². The van der Waals surface area contributed by atoms with Gasteiger partial charge >= 0.3 is 0 Å². The maximum atomic E-state index is 14.4. The Morgan fingerprint density at radius 3 is 2.02 bits per heavy atom. The molecule has 230 valence electrons. The molecule has 0 aliphatic rings. The summed E-state index contributed by atoms with van der Waals surface area (Å²) in [6, 6.07) is 27.9. The molecule has 0 saturated carbocycles. The Morgan fingerprint density at radius 1 is 0.841 bits per heavy atom. The van der Waals surface area contributed by atoms with Gasteiger partial charge in [0.2, 0.25) is 11.8 Å². The second kappa shape index (κ2) is 14.1. The number of amides is 2. The second-order valence-electron chi connectivity index (χ2n) is 11.4. The molecule has 4 rings (SSSR count). The summed E-state index contributed by atoms with van der Waals surface area (Å²) < 4.78 is 42.5. The van der Waals surface area contributed by atoms with Gasteiger partial charge in [-0.1, -0.05) is 72.3 Å². The van der Waals surface area contributed by atoms with Crippen molar-refractivity contribution in [1.29, 1.82) is 0 Å². The molecule has 0 aliphatic heterocycles. The number of benzene rings is 4. The Kier molecular flexibility index (Phi) is 10.4. The fourth-order valence-electron chi connectivity index (χ4n) is 4.70. The highest BCUT2D eigenvalue weighted by atomic mass is 35.5. The molecule has 0 heterocycles. The molecule has 0 aliphatic carbocycles. The molecule has 1 atom stereocenters. The van der Waals surface area contributed by atoms with Crippen molar-refractivity contribution in [3.63, 3.8) is 0 Å². The van der Waals surface area contributed by atoms with Gasteiger partial charge in [0.05, 0.1) is 10.6 Å². The van der Waals surface area contributed by atoms with Crippen molar-refractivity contribution in [1.82, 2.24) is 10.2 Å². The van der Waals surface area contributed by atoms with E-state index in [1.54, 1.807) is 54.6 Å². The number of rotatable bonds is 11. The van der Waals surface area contributed by atoms with Crippen LogP contribution >= 0.6 is 11.6 Å². The van der Waals surface area contributed by atoms with Gasteiger partial charge in [-0.25, -0.2) is 12.8 Å². The lowest BCUT2D eigenvalue weighted by molar-refractivity contribution is -0.140. The van der Waals surface area contributed by atoms with Gasteiger partial charge in [0, 0.05) is 23.5 Å². The highest BCUT2D eigenvalue weighted by Crippen LogP contribution is 2.25. The number of halogens is 2. The summed E-state index contributed by atoms with van der Waals surface area (Å²) in [7, 11) is -4.32. The number of para-hydroxylation sites is 1. The summed E-state index contributed by atoms with van der Waals surface area (Å²) >= 11 is 6.27. The molecular formula is C34H35ClFN3O4S. The fraction of sp³-hybridized carbons (Fsp3) is 0.235. The van der Waals surface area contributed by atoms with Crippen LogP contribution in [0.4, 0.5) is 10.1 Å². The summed E-state index contributed by atoms with van der Waals surface area (Å²) in [5.41, 5.74) is 1.13. The maximum Gasteiger partial charge on any atom is 0.264 e. The van der Waals surface area contributed by atoms with Gasteiger partial charge in [-0.3, -0.25) is 13.9 Å². The zero-order valence-electron chi connectivity index (χ0n) is 24.8. The third-order valence-corrected chi connectivity index (χ3v) is 8.76. The third kappa shape index (κ3) is 8.67. The maximum absolute atomic E-state index is 14.4. The smallest absolute Gasteiger partial charge is 0.264 e. The molecule has 0 radical (unpaired) electrons. The van der Waals surface area contributed by atoms with Gasteiger partial charge < -0.3 is 10.2 Å². The van der Waals surface area contributed by atoms with E-state index in [1.807, 2.05) is 51.1 Å². The first-order valence-corrected chi connectivity index (χ1v) is 15.9. The summed E-state index contributed by atoms with van der Waals surface area (Å²) in [5.74, 6) is -1.58. The second-order valence-corrected chi connectivity index (χ2v) is 13.7. The van der Waals surface area contributed by atoms with E-state index in [2.05, 4.69) is 5.32 Å². The Morgan fingerprint density at radius 2 is 1.43 bits per heavy atom. The van der Waals surface area contributed by atoms with Crippen molar-refractivity contribution < 1.29 is 22.4 Å². The normalized spacial score (nSPS) is 12.3. The van der Waals surface area contributed by atoms with Crippen LogP contribution in [-0.2, 0) is 32.6 Å². The molecule has 0 unspecified atom stereocenters. The molecule has 0 saturated heterocycles. The number of nitrogens with one attached hydrogen (secondary N) is 1. The van der Waals surface area contributed by atoms with Crippen molar-refractivity contribution in [3.8, 4) is 0 Å². The van der Waals surface area contributed by atoms with Crippen molar-refractivity contribution in [2.45, 2.75) is 50.2 Å². The Bertz CT molecular complexity index is 1680. The van der Waals surface area contributed by atoms with Crippen LogP contribution in [0.3, 0.4) is 0 Å². The molecule has 0 spiro atoms. The number of sulfonamides is 1. The van der Waals surface area contributed by atoms with E-state index >= 15 is 0 Å². The molecule has 4 aromatic carbocycles. The largest absolute Gasteiger partial charge is 0.350 e. The van der Waals surface area contributed by atoms with Crippen LogP contribution in [0, 0.1) is 5.82 Å². The quantitative estimate of drug-likeness (QED) is 0.212. The van der Waals surface area contributed by atoms with E-state index in [0.717, 1.165) is 34.1 Å². The number of anilines is 1. The molecule has 1 N–H and O–H groups in total. The number of hydrogen-bond acceptors (Lipinski definition) is 4. The molecule has 10 heteroatoms. The van der Waals surface area contributed by atoms with Crippen molar-refractivity contribution in [2.75, 3.05) is 10.8 Å². The van der Waals surface area contributed by atoms with Gasteiger partial charge in [0.25, 0.3) is 10.0 Å². The molecule has 4 aromatic rings. The molecule has 0 aromatic heterocycles. The Hall–Kier alpha value is -4.21. The SMILES string of the molecule is CC(C)(C)NC(=O)[C@@H](Cc1ccccc1)N(Cc1cccc(Cl)c1)C(=O)CN(c1ccccc1)S(=O)(=O)c1ccc(F)cc1. The number of nitrogens with zero attached hydrogens (tertiary/aromatic N) is 2. The Balaban J connectivity index is 1.80. The fourth-order valence-corrected chi connectivity index (χ4v) is 6.32. The lowest BCUT2D eigenvalue weighted by atomic mass is 10.0. The third-order valence-electron chi connectivity index (χ3n) is 6.74. The molecule has 2 amide bonds. The predicted molar refractivity (Wildman–Crippen MR) is 171 cm³/mol. The summed E-state index contributed by atoms with van der Waals surface area (Å²) in [4.78, 5) is 29.5. The van der Waals surface area contributed by atoms with Gasteiger partial charge in [0.1, 0.15) is 18.4 Å². The van der Waals surface area contributed by atoms with Crippen molar-refractivity contribution in [3.05, 3.63) is 131 Å². The van der Waals surface area contributed by atoms with Crippen LogP contribution < -0.4 is 9.62 Å². The predicted octanol–water partition coefficient (Wildman–Crippen LogP) is 6.23. The first kappa shape index (κ1) is 32.7. The van der Waals surface area contributed by atoms with Crippen LogP contribution in [-0.4, -0.2) is 43.3 Å². The van der Waals surface area contributed by atoms with Crippen LogP contribution in [0.1, 0.15) is 31.9 Å². The molecule has 0 bridgehead atoms. The number of hydrogen-bond donors (Lipinski definition) is 1. The molecule has 44 heavy (non-hydrogen) atoms. The van der Waals surface area contributed by atoms with E-state index in [4.69, 9.17) is 11.6 Å². The molecule has 0 fully saturated rings. The summed E-state index contributed by atoms with van der Waals surface area (Å²) in [6.45, 7) is 4.92. The molecular weight excluding hydrogens is 601 g/mol. The number of carbonyl (C=O) groups excluding carboxylic acids is 2. The van der Waals surface area contributed by atoms with E-state index in [0.29, 0.717) is 10.6 Å². The highest BCUT2D eigenvalue weighted by Gasteiger charge is 2.35. The first-order chi connectivity index (χ1) is 20.8. The van der Waals surface area contributed by atoms with Crippen LogP contribution in [0.2, 0.25) is 5.02 Å². The van der Waals surface area contributed by atoms with Gasteiger partial charge in [-0.05, 0) is 80.4 Å². The topological polar surface area (TPSA) is 86.8 Å². The summed E-state index contributed by atoms with van der Waals surface area (Å²) in [6.07, 6.45) is 0.186. The van der Waals surface area contributed by atoms with E-state index < -0.39 is 39.9 Å². The minimum atomic E-state index is -4.32. The first-order valence-electron chi connectivity index (χ1n) is 14.1. The van der Waals surface area contributed by atoms with E-state index in [-0.39, 0.29) is 29.5 Å². The van der Waals surface area contributed by atoms with E-state index in [9.17, 15) is 22.4 Å². The lowest BCUT2D eigenvalue weighted by Crippen LogP contribution is -2.56. The Labute approximate surface area is 263 Å². The van der Waals surface area contributed by atoms with Gasteiger partial charge in [0.15, 0.2) is 0 Å². The van der Waals surface area contributed by atoms with Crippen LogP contribution in [0.15, 0.2) is 114 Å². The van der Waals surface area contributed by atoms with Crippen LogP contribution in [0.5, 0.6) is 0 Å².